The molecule has 0 saturated heterocycles. The molecule has 44 valence electrons. The molecule has 1 unspecified atom stereocenters. The second kappa shape index (κ2) is 3.00. The lowest BCUT2D eigenvalue weighted by atomic mass is 10.8. The summed E-state index contributed by atoms with van der Waals surface area (Å²) in [6, 6.07) is 0. The molecule has 0 radical (unpaired) electrons. The highest BCUT2D eigenvalue weighted by molar-refractivity contribution is 8.23. The zero-order valence-corrected chi connectivity index (χ0v) is 6.35. The number of halogens is 1. The van der Waals surface area contributed by atoms with E-state index >= 15 is 0 Å². The van der Waals surface area contributed by atoms with Crippen molar-refractivity contribution in [3.8, 4) is 0 Å². The summed E-state index contributed by atoms with van der Waals surface area (Å²) in [5.41, 5.74) is 0. The van der Waals surface area contributed by atoms with Crippen molar-refractivity contribution in [1.29, 1.82) is 0 Å². The highest BCUT2D eigenvalue weighted by Gasteiger charge is 2.01. The van der Waals surface area contributed by atoms with E-state index < -0.39 is 5.77 Å². The van der Waals surface area contributed by atoms with Crippen molar-refractivity contribution in [1.82, 2.24) is 5.09 Å². The van der Waals surface area contributed by atoms with Gasteiger partial charge in [-0.15, -0.1) is 0 Å². The third-order valence-corrected chi connectivity index (χ3v) is 1.81. The van der Waals surface area contributed by atoms with E-state index in [1.165, 1.54) is 0 Å². The van der Waals surface area contributed by atoms with Crippen molar-refractivity contribution < 1.29 is 4.89 Å². The first-order chi connectivity index (χ1) is 3.06. The molecule has 0 aromatic heterocycles. The Morgan fingerprint density at radius 1 is 2.00 bits per heavy atom. The summed E-state index contributed by atoms with van der Waals surface area (Å²) >= 11 is 9.61. The van der Waals surface area contributed by atoms with Gasteiger partial charge in [-0.3, -0.25) is 5.09 Å². The van der Waals surface area contributed by atoms with Crippen LogP contribution in [0.25, 0.3) is 0 Å². The van der Waals surface area contributed by atoms with Crippen LogP contribution < -0.4 is 5.09 Å². The molecule has 0 rings (SSSR count). The number of rotatable bonds is 2. The van der Waals surface area contributed by atoms with Crippen molar-refractivity contribution >= 4 is 28.8 Å². The van der Waals surface area contributed by atoms with Crippen LogP contribution in [0, 0.1) is 0 Å². The van der Waals surface area contributed by atoms with Crippen LogP contribution in [0.1, 0.15) is 6.92 Å². The van der Waals surface area contributed by atoms with Gasteiger partial charge in [-0.05, 0) is 29.6 Å². The topological polar surface area (TPSA) is 32.3 Å². The fourth-order valence-corrected chi connectivity index (χ4v) is 1.33. The first-order valence-electron chi connectivity index (χ1n) is 1.84. The van der Waals surface area contributed by atoms with E-state index in [0.29, 0.717) is 6.54 Å². The van der Waals surface area contributed by atoms with Crippen molar-refractivity contribution in [2.45, 2.75) is 6.92 Å². The Labute approximate surface area is 52.8 Å². The quantitative estimate of drug-likeness (QED) is 0.591. The Balaban J connectivity index is 3.36. The van der Waals surface area contributed by atoms with Gasteiger partial charge in [-0.1, -0.05) is 6.92 Å². The van der Waals surface area contributed by atoms with Crippen LogP contribution in [0.4, 0.5) is 0 Å². The lowest BCUT2D eigenvalue weighted by Crippen LogP contribution is -2.03. The molecule has 5 heteroatoms. The Hall–Kier alpha value is 0.860. The molecule has 2 nitrogen and oxygen atoms in total. The maximum atomic E-state index is 8.60. The predicted molar refractivity (Wildman–Crippen MR) is 36.0 cm³/mol. The fraction of sp³-hybridized carbons (Fsp3) is 1.00. The van der Waals surface area contributed by atoms with E-state index in [9.17, 15) is 0 Å². The average molecular weight is 160 g/mol. The minimum Gasteiger partial charge on any atom is -0.343 e. The van der Waals surface area contributed by atoms with Crippen molar-refractivity contribution in [2.24, 2.45) is 0 Å². The van der Waals surface area contributed by atoms with Crippen molar-refractivity contribution in [2.75, 3.05) is 6.54 Å². The molecule has 0 aromatic rings. The molecule has 0 aliphatic heterocycles. The molecule has 2 N–H and O–H groups in total. The first-order valence-corrected chi connectivity index (χ1v) is 5.50. The molecule has 0 aromatic carbocycles. The van der Waals surface area contributed by atoms with Gasteiger partial charge in [0.15, 0.2) is 0 Å². The Morgan fingerprint density at radius 3 is 2.43 bits per heavy atom. The minimum absolute atomic E-state index is 0.622. The molecule has 0 aliphatic rings. The molecule has 0 bridgehead atoms. The summed E-state index contributed by atoms with van der Waals surface area (Å²) in [6.07, 6.45) is 0. The summed E-state index contributed by atoms with van der Waals surface area (Å²) in [7, 11) is 0. The van der Waals surface area contributed by atoms with Gasteiger partial charge in [0.1, 0.15) is 0 Å². The van der Waals surface area contributed by atoms with Crippen molar-refractivity contribution in [3.05, 3.63) is 0 Å². The fourth-order valence-electron chi connectivity index (χ4n) is 0.195. The summed E-state index contributed by atoms with van der Waals surface area (Å²) in [5, 5.41) is 2.53. The Kier molecular flexibility index (Phi) is 3.37. The number of nitrogens with one attached hydrogen (secondary N) is 1. The van der Waals surface area contributed by atoms with Gasteiger partial charge < -0.3 is 4.89 Å². The summed E-state index contributed by atoms with van der Waals surface area (Å²) in [5.74, 6) is -2.61. The van der Waals surface area contributed by atoms with E-state index in [1.807, 2.05) is 6.92 Å². The third kappa shape index (κ3) is 6.86. The van der Waals surface area contributed by atoms with Gasteiger partial charge >= 0.3 is 0 Å². The van der Waals surface area contributed by atoms with E-state index in [2.05, 4.69) is 16.9 Å². The Morgan fingerprint density at radius 2 is 2.43 bits per heavy atom. The van der Waals surface area contributed by atoms with Crippen LogP contribution in [0.15, 0.2) is 0 Å². The first kappa shape index (κ1) is 7.86. The zero-order chi connectivity index (χ0) is 5.91. The van der Waals surface area contributed by atoms with Gasteiger partial charge in [0.25, 0.3) is 0 Å². The molecule has 7 heavy (non-hydrogen) atoms. The summed E-state index contributed by atoms with van der Waals surface area (Å²) in [4.78, 5) is 8.60. The molecule has 0 aliphatic carbocycles. The van der Waals surface area contributed by atoms with Crippen molar-refractivity contribution in [3.63, 3.8) is 0 Å². The maximum absolute atomic E-state index is 8.60. The largest absolute Gasteiger partial charge is 0.343 e. The third-order valence-electron chi connectivity index (χ3n) is 0.353. The lowest BCUT2D eigenvalue weighted by molar-refractivity contribution is 0.622. The monoisotopic (exact) mass is 159 g/mol. The highest BCUT2D eigenvalue weighted by Crippen LogP contribution is 2.40. The second-order valence-corrected chi connectivity index (χ2v) is 5.99. The SMILES string of the molecule is CCNP(O)(=S)Cl. The molecular weight excluding hydrogens is 153 g/mol. The smallest absolute Gasteiger partial charge is 0.216 e. The van der Waals surface area contributed by atoms with Crippen LogP contribution in [-0.2, 0) is 11.8 Å². The predicted octanol–water partition coefficient (Wildman–Crippen LogP) is 1.05. The molecule has 0 amide bonds. The van der Waals surface area contributed by atoms with Gasteiger partial charge in [-0.2, -0.15) is 0 Å². The van der Waals surface area contributed by atoms with Gasteiger partial charge in [-0.25, -0.2) is 0 Å². The van der Waals surface area contributed by atoms with Crippen LogP contribution in [-0.4, -0.2) is 11.4 Å². The molecule has 0 heterocycles. The van der Waals surface area contributed by atoms with E-state index in [0.717, 1.165) is 0 Å². The molecule has 0 spiro atoms. The number of hydrogen-bond donors (Lipinski definition) is 2. The maximum Gasteiger partial charge on any atom is 0.216 e. The molecule has 0 saturated carbocycles. The van der Waals surface area contributed by atoms with E-state index in [-0.39, 0.29) is 0 Å². The molecule has 0 fully saturated rings. The lowest BCUT2D eigenvalue weighted by Gasteiger charge is -2.03. The molecule has 1 atom stereocenters. The minimum atomic E-state index is -2.61. The van der Waals surface area contributed by atoms with Crippen LogP contribution in [0.3, 0.4) is 0 Å². The molecular formula is C2H7ClNOPS. The van der Waals surface area contributed by atoms with Gasteiger partial charge in [0, 0.05) is 0 Å². The van der Waals surface area contributed by atoms with Gasteiger partial charge in [0.2, 0.25) is 5.77 Å². The summed E-state index contributed by atoms with van der Waals surface area (Å²) in [6.45, 7) is 2.46. The van der Waals surface area contributed by atoms with E-state index in [1.54, 1.807) is 0 Å². The number of hydrogen-bond acceptors (Lipinski definition) is 1. The van der Waals surface area contributed by atoms with Gasteiger partial charge in [0.05, 0.1) is 0 Å². The van der Waals surface area contributed by atoms with Crippen LogP contribution >= 0.6 is 17.0 Å². The second-order valence-electron chi connectivity index (χ2n) is 1.01. The highest BCUT2D eigenvalue weighted by atomic mass is 35.7. The summed E-state index contributed by atoms with van der Waals surface area (Å²) < 4.78 is 0. The van der Waals surface area contributed by atoms with Crippen LogP contribution in [0.5, 0.6) is 0 Å². The zero-order valence-electron chi connectivity index (χ0n) is 3.89. The standard InChI is InChI=1S/C2H7ClNOPS/c1-2-4-6(3,5)7/h2H2,1H3,(H2,4,5,7). The average Bonchev–Trinajstić information content (AvgIpc) is 1.30. The van der Waals surface area contributed by atoms with E-state index in [4.69, 9.17) is 16.1 Å². The Bertz CT molecular complexity index is 91.7. The normalized spacial score (nSPS) is 18.7. The van der Waals surface area contributed by atoms with Crippen LogP contribution in [0.2, 0.25) is 0 Å².